The van der Waals surface area contributed by atoms with Crippen molar-refractivity contribution in [1.29, 1.82) is 0 Å². The smallest absolute Gasteiger partial charge is 0.406 e. The van der Waals surface area contributed by atoms with Gasteiger partial charge in [0.25, 0.3) is 5.91 Å². The van der Waals surface area contributed by atoms with Crippen LogP contribution in [0.2, 0.25) is 0 Å². The second kappa shape index (κ2) is 6.54. The van der Waals surface area contributed by atoms with E-state index in [0.29, 0.717) is 17.5 Å². The number of Topliss-reactive ketones (excluding diaryl/α,β-unsaturated/α-hetero) is 1. The Morgan fingerprint density at radius 1 is 1.31 bits per heavy atom. The second-order valence-corrected chi connectivity index (χ2v) is 7.22. The van der Waals surface area contributed by atoms with Crippen LogP contribution in [0.25, 0.3) is 5.69 Å². The van der Waals surface area contributed by atoms with E-state index in [0.717, 1.165) is 16.3 Å². The SMILES string of the molecule is COc1cccc(-n2c(C)c[n+]3c2N=C2C3C(=O)N(C(C)C(C)=O)C(=O)N2C)c1. The molecule has 3 amide bonds. The van der Waals surface area contributed by atoms with E-state index in [1.165, 1.54) is 11.8 Å². The minimum absolute atomic E-state index is 0.256. The summed E-state index contributed by atoms with van der Waals surface area (Å²) >= 11 is 0. The number of hydrogen-bond acceptors (Lipinski definition) is 5. The van der Waals surface area contributed by atoms with Crippen molar-refractivity contribution in [3.63, 3.8) is 0 Å². The predicted molar refractivity (Wildman–Crippen MR) is 104 cm³/mol. The van der Waals surface area contributed by atoms with Crippen LogP contribution in [0, 0.1) is 6.92 Å². The van der Waals surface area contributed by atoms with Gasteiger partial charge < -0.3 is 4.74 Å². The molecule has 150 valence electrons. The molecular weight excluding hydrogens is 374 g/mol. The number of fused-ring (bicyclic) bond motifs is 3. The quantitative estimate of drug-likeness (QED) is 0.734. The Labute approximate surface area is 167 Å². The maximum Gasteiger partial charge on any atom is 0.406 e. The van der Waals surface area contributed by atoms with Crippen LogP contribution in [0.1, 0.15) is 25.6 Å². The van der Waals surface area contributed by atoms with Crippen LogP contribution in [0.3, 0.4) is 0 Å². The Hall–Kier alpha value is -3.49. The second-order valence-electron chi connectivity index (χ2n) is 7.22. The molecule has 9 nitrogen and oxygen atoms in total. The summed E-state index contributed by atoms with van der Waals surface area (Å²) in [6.07, 6.45) is 1.83. The molecule has 2 aromatic rings. The average molecular weight is 396 g/mol. The predicted octanol–water partition coefficient (Wildman–Crippen LogP) is 1.54. The average Bonchev–Trinajstić information content (AvgIpc) is 3.20. The van der Waals surface area contributed by atoms with Gasteiger partial charge in [-0.1, -0.05) is 11.1 Å². The fraction of sp³-hybridized carbons (Fsp3) is 0.350. The third-order valence-corrected chi connectivity index (χ3v) is 5.44. The van der Waals surface area contributed by atoms with Crippen LogP contribution in [0.5, 0.6) is 5.75 Å². The number of benzene rings is 1. The van der Waals surface area contributed by atoms with Gasteiger partial charge in [0.1, 0.15) is 23.3 Å². The van der Waals surface area contributed by atoms with E-state index in [1.54, 1.807) is 25.6 Å². The first kappa shape index (κ1) is 18.9. The molecule has 0 radical (unpaired) electrons. The van der Waals surface area contributed by atoms with E-state index < -0.39 is 24.0 Å². The number of hydrogen-bond donors (Lipinski definition) is 0. The molecule has 0 aliphatic carbocycles. The van der Waals surface area contributed by atoms with E-state index in [9.17, 15) is 14.4 Å². The van der Waals surface area contributed by atoms with Crippen LogP contribution in [0.4, 0.5) is 10.7 Å². The maximum atomic E-state index is 13.2. The highest BCUT2D eigenvalue weighted by Gasteiger charge is 2.54. The van der Waals surface area contributed by atoms with Crippen molar-refractivity contribution in [2.45, 2.75) is 32.9 Å². The van der Waals surface area contributed by atoms with Crippen molar-refractivity contribution < 1.29 is 23.7 Å². The molecule has 0 N–H and O–H groups in total. The number of methoxy groups -OCH3 is 1. The number of amidine groups is 1. The van der Waals surface area contributed by atoms with Crippen LogP contribution in [-0.2, 0) is 9.59 Å². The molecular formula is C20H22N5O4+. The Morgan fingerprint density at radius 3 is 2.69 bits per heavy atom. The number of likely N-dealkylation sites (N-methyl/N-ethyl adjacent to an activating group) is 1. The first-order valence-electron chi connectivity index (χ1n) is 9.24. The number of aliphatic imine (C=N–C) groups is 1. The standard InChI is InChI=1S/C20H22N5O4/c1-11-10-23-16-17(22(4)20(28)25(18(16)27)12(2)13(3)26)21-19(23)24(11)14-7-6-8-15(9-14)29-5/h6-10,12,16H,1-5H3/q+1. The fourth-order valence-electron chi connectivity index (χ4n) is 3.76. The summed E-state index contributed by atoms with van der Waals surface area (Å²) in [6.45, 7) is 4.84. The van der Waals surface area contributed by atoms with E-state index in [4.69, 9.17) is 4.74 Å². The molecule has 29 heavy (non-hydrogen) atoms. The normalized spacial score (nSPS) is 19.1. The van der Waals surface area contributed by atoms with Gasteiger partial charge in [0.15, 0.2) is 5.78 Å². The Kier molecular flexibility index (Phi) is 4.25. The van der Waals surface area contributed by atoms with Crippen LogP contribution in [-0.4, -0.2) is 58.1 Å². The molecule has 0 spiro atoms. The molecule has 3 heterocycles. The zero-order chi connectivity index (χ0) is 21.0. The number of carbonyl (C=O) groups is 3. The molecule has 1 aromatic carbocycles. The molecule has 1 aromatic heterocycles. The lowest BCUT2D eigenvalue weighted by Crippen LogP contribution is -2.65. The Bertz CT molecular complexity index is 1090. The maximum absolute atomic E-state index is 13.2. The van der Waals surface area contributed by atoms with Gasteiger partial charge in [-0.25, -0.2) is 14.3 Å². The summed E-state index contributed by atoms with van der Waals surface area (Å²) in [6, 6.07) is 5.32. The Balaban J connectivity index is 1.85. The zero-order valence-electron chi connectivity index (χ0n) is 16.9. The van der Waals surface area contributed by atoms with Crippen LogP contribution < -0.4 is 9.30 Å². The molecule has 1 saturated heterocycles. The summed E-state index contributed by atoms with van der Waals surface area (Å²) in [5.41, 5.74) is 1.70. The van der Waals surface area contributed by atoms with Gasteiger partial charge in [-0.2, -0.15) is 4.57 Å². The summed E-state index contributed by atoms with van der Waals surface area (Å²) in [5.74, 6) is 0.858. The number of aromatic nitrogens is 2. The van der Waals surface area contributed by atoms with Crippen molar-refractivity contribution in [2.24, 2.45) is 4.99 Å². The number of aryl methyl sites for hydroxylation is 1. The monoisotopic (exact) mass is 396 g/mol. The zero-order valence-corrected chi connectivity index (χ0v) is 16.9. The number of ketones is 1. The summed E-state index contributed by atoms with van der Waals surface area (Å²) in [7, 11) is 3.16. The number of nitrogens with zero attached hydrogens (tertiary/aromatic N) is 5. The summed E-state index contributed by atoms with van der Waals surface area (Å²) in [4.78, 5) is 44.8. The van der Waals surface area contributed by atoms with Gasteiger partial charge in [-0.15, -0.1) is 0 Å². The molecule has 1 fully saturated rings. The minimum atomic E-state index is -0.842. The van der Waals surface area contributed by atoms with Crippen molar-refractivity contribution >= 4 is 29.5 Å². The number of imide groups is 1. The van der Waals surface area contributed by atoms with Gasteiger partial charge in [0.05, 0.1) is 13.2 Å². The number of imidazole rings is 1. The highest BCUT2D eigenvalue weighted by atomic mass is 16.5. The fourth-order valence-corrected chi connectivity index (χ4v) is 3.76. The lowest BCUT2D eigenvalue weighted by molar-refractivity contribution is -0.676. The molecule has 0 saturated carbocycles. The first-order chi connectivity index (χ1) is 13.8. The lowest BCUT2D eigenvalue weighted by atomic mass is 10.1. The van der Waals surface area contributed by atoms with Crippen molar-refractivity contribution in [3.05, 3.63) is 36.2 Å². The van der Waals surface area contributed by atoms with Gasteiger partial charge in [-0.05, 0) is 32.9 Å². The molecule has 9 heteroatoms. The van der Waals surface area contributed by atoms with E-state index in [-0.39, 0.29) is 5.78 Å². The van der Waals surface area contributed by atoms with Crippen molar-refractivity contribution in [2.75, 3.05) is 14.2 Å². The minimum Gasteiger partial charge on any atom is -0.497 e. The van der Waals surface area contributed by atoms with Gasteiger partial charge in [-0.3, -0.25) is 14.5 Å². The summed E-state index contributed by atoms with van der Waals surface area (Å²) in [5, 5.41) is 0. The highest BCUT2D eigenvalue weighted by Crippen LogP contribution is 2.32. The molecule has 0 bridgehead atoms. The van der Waals surface area contributed by atoms with Crippen molar-refractivity contribution in [3.8, 4) is 11.4 Å². The lowest BCUT2D eigenvalue weighted by Gasteiger charge is -2.35. The third kappa shape index (κ3) is 2.65. The molecule has 2 atom stereocenters. The van der Waals surface area contributed by atoms with Gasteiger partial charge in [0.2, 0.25) is 11.9 Å². The molecule has 2 aliphatic heterocycles. The van der Waals surface area contributed by atoms with Gasteiger partial charge in [0, 0.05) is 13.1 Å². The molecule has 2 unspecified atom stereocenters. The first-order valence-corrected chi connectivity index (χ1v) is 9.24. The number of amides is 3. The van der Waals surface area contributed by atoms with Crippen LogP contribution in [0.15, 0.2) is 35.5 Å². The number of rotatable bonds is 4. The van der Waals surface area contributed by atoms with Crippen LogP contribution >= 0.6 is 0 Å². The molecule has 2 aliphatic rings. The van der Waals surface area contributed by atoms with E-state index in [2.05, 4.69) is 4.99 Å². The van der Waals surface area contributed by atoms with E-state index >= 15 is 0 Å². The number of ether oxygens (including phenoxy) is 1. The topological polar surface area (TPSA) is 88.1 Å². The molecule has 4 rings (SSSR count). The largest absolute Gasteiger partial charge is 0.497 e. The third-order valence-electron chi connectivity index (χ3n) is 5.44. The van der Waals surface area contributed by atoms with E-state index in [1.807, 2.05) is 42.0 Å². The summed E-state index contributed by atoms with van der Waals surface area (Å²) < 4.78 is 8.96. The number of urea groups is 1. The van der Waals surface area contributed by atoms with Crippen molar-refractivity contribution in [1.82, 2.24) is 14.4 Å². The highest BCUT2D eigenvalue weighted by molar-refractivity contribution is 6.20. The van der Waals surface area contributed by atoms with Gasteiger partial charge >= 0.3 is 12.0 Å². The Morgan fingerprint density at radius 2 is 2.03 bits per heavy atom. The number of carbonyl (C=O) groups excluding carboxylic acids is 3.